The molecule has 0 N–H and O–H groups in total. The summed E-state index contributed by atoms with van der Waals surface area (Å²) in [6.45, 7) is 5.42. The highest BCUT2D eigenvalue weighted by Gasteiger charge is 2.25. The van der Waals surface area contributed by atoms with E-state index in [1.807, 2.05) is 0 Å². The molecule has 0 aromatic carbocycles. The minimum absolute atomic E-state index is 0.217. The zero-order valence-electron chi connectivity index (χ0n) is 8.58. The summed E-state index contributed by atoms with van der Waals surface area (Å²) in [5, 5.41) is 0.715. The molecule has 3 nitrogen and oxygen atoms in total. The summed E-state index contributed by atoms with van der Waals surface area (Å²) >= 11 is 11.7. The molecule has 1 aromatic rings. The van der Waals surface area contributed by atoms with Crippen LogP contribution < -0.4 is 0 Å². The highest BCUT2D eigenvalue weighted by Crippen LogP contribution is 2.30. The number of aromatic nitrogens is 2. The van der Waals surface area contributed by atoms with Crippen LogP contribution in [0, 0.1) is 0 Å². The molecule has 82 valence electrons. The van der Waals surface area contributed by atoms with Gasteiger partial charge in [0.1, 0.15) is 5.15 Å². The lowest BCUT2D eigenvalue weighted by Crippen LogP contribution is -2.19. The van der Waals surface area contributed by atoms with Crippen molar-refractivity contribution in [1.82, 2.24) is 14.9 Å². The van der Waals surface area contributed by atoms with E-state index in [0.717, 1.165) is 31.6 Å². The number of hydrogen-bond acceptors (Lipinski definition) is 3. The predicted molar refractivity (Wildman–Crippen MR) is 61.5 cm³/mol. The molecular weight excluding hydrogens is 233 g/mol. The van der Waals surface area contributed by atoms with Gasteiger partial charge in [-0.05, 0) is 31.1 Å². The molecule has 0 saturated carbocycles. The Kier molecular flexibility index (Phi) is 3.44. The third kappa shape index (κ3) is 2.41. The maximum atomic E-state index is 6.05. The van der Waals surface area contributed by atoms with Crippen LogP contribution >= 0.6 is 23.2 Å². The second-order valence-corrected chi connectivity index (χ2v) is 4.46. The molecule has 15 heavy (non-hydrogen) atoms. The van der Waals surface area contributed by atoms with Gasteiger partial charge in [-0.1, -0.05) is 18.5 Å². The quantitative estimate of drug-likeness (QED) is 0.593. The normalized spacial score (nSPS) is 22.2. The monoisotopic (exact) mass is 245 g/mol. The molecule has 0 bridgehead atoms. The lowest BCUT2D eigenvalue weighted by molar-refractivity contribution is 0.354. The molecule has 2 heterocycles. The van der Waals surface area contributed by atoms with E-state index in [1.165, 1.54) is 0 Å². The Morgan fingerprint density at radius 3 is 2.93 bits per heavy atom. The maximum Gasteiger partial charge on any atom is 0.223 e. The van der Waals surface area contributed by atoms with E-state index in [9.17, 15) is 0 Å². The van der Waals surface area contributed by atoms with Crippen molar-refractivity contribution in [1.29, 1.82) is 0 Å². The van der Waals surface area contributed by atoms with Gasteiger partial charge in [-0.25, -0.2) is 9.97 Å². The molecule has 5 heteroatoms. The summed E-state index contributed by atoms with van der Waals surface area (Å²) in [5.41, 5.74) is 1.03. The Morgan fingerprint density at radius 1 is 1.53 bits per heavy atom. The van der Waals surface area contributed by atoms with Crippen LogP contribution in [0.2, 0.25) is 10.4 Å². The van der Waals surface area contributed by atoms with Crippen molar-refractivity contribution in [2.24, 2.45) is 0 Å². The molecule has 0 radical (unpaired) electrons. The summed E-state index contributed by atoms with van der Waals surface area (Å²) in [6, 6.07) is 0. The third-order valence-electron chi connectivity index (χ3n) is 2.90. The third-order valence-corrected chi connectivity index (χ3v) is 3.38. The SMILES string of the molecule is CCN1CCC(c2cnc(Cl)nc2Cl)C1. The van der Waals surface area contributed by atoms with Crippen molar-refractivity contribution >= 4 is 23.2 Å². The second-order valence-electron chi connectivity index (χ2n) is 3.76. The standard InChI is InChI=1S/C10H13Cl2N3/c1-2-15-4-3-7(6-15)8-5-13-10(12)14-9(8)11/h5,7H,2-4,6H2,1H3. The summed E-state index contributed by atoms with van der Waals surface area (Å²) in [7, 11) is 0. The van der Waals surface area contributed by atoms with E-state index < -0.39 is 0 Å². The fraction of sp³-hybridized carbons (Fsp3) is 0.600. The van der Waals surface area contributed by atoms with Crippen LogP contribution in [0.1, 0.15) is 24.8 Å². The number of hydrogen-bond donors (Lipinski definition) is 0. The van der Waals surface area contributed by atoms with Crippen LogP contribution in [0.3, 0.4) is 0 Å². The van der Waals surface area contributed by atoms with Gasteiger partial charge in [0, 0.05) is 24.2 Å². The molecule has 0 spiro atoms. The van der Waals surface area contributed by atoms with Crippen LogP contribution in [-0.4, -0.2) is 34.5 Å². The minimum atomic E-state index is 0.217. The van der Waals surface area contributed by atoms with E-state index >= 15 is 0 Å². The Hall–Kier alpha value is -0.380. The maximum absolute atomic E-state index is 6.05. The van der Waals surface area contributed by atoms with Crippen LogP contribution in [0.4, 0.5) is 0 Å². The summed E-state index contributed by atoms with van der Waals surface area (Å²) in [5.74, 6) is 0.453. The zero-order valence-corrected chi connectivity index (χ0v) is 10.1. The topological polar surface area (TPSA) is 29.0 Å². The molecule has 1 saturated heterocycles. The minimum Gasteiger partial charge on any atom is -0.303 e. The number of likely N-dealkylation sites (N-methyl/N-ethyl adjacent to an activating group) is 1. The van der Waals surface area contributed by atoms with Gasteiger partial charge < -0.3 is 4.90 Å². The van der Waals surface area contributed by atoms with Gasteiger partial charge in [0.2, 0.25) is 5.28 Å². The summed E-state index contributed by atoms with van der Waals surface area (Å²) < 4.78 is 0. The number of nitrogens with zero attached hydrogens (tertiary/aromatic N) is 3. The summed E-state index contributed by atoms with van der Waals surface area (Å²) in [6.07, 6.45) is 2.88. The Labute approximate surface area is 99.4 Å². The van der Waals surface area contributed by atoms with Gasteiger partial charge in [-0.15, -0.1) is 0 Å². The smallest absolute Gasteiger partial charge is 0.223 e. The van der Waals surface area contributed by atoms with E-state index in [1.54, 1.807) is 6.20 Å². The highest BCUT2D eigenvalue weighted by atomic mass is 35.5. The van der Waals surface area contributed by atoms with E-state index in [0.29, 0.717) is 11.1 Å². The van der Waals surface area contributed by atoms with Gasteiger partial charge in [-0.3, -0.25) is 0 Å². The van der Waals surface area contributed by atoms with Gasteiger partial charge >= 0.3 is 0 Å². The van der Waals surface area contributed by atoms with Gasteiger partial charge in [0.25, 0.3) is 0 Å². The first-order valence-corrected chi connectivity index (χ1v) is 5.86. The lowest BCUT2D eigenvalue weighted by Gasteiger charge is -2.13. The average molecular weight is 246 g/mol. The van der Waals surface area contributed by atoms with Crippen LogP contribution in [0.25, 0.3) is 0 Å². The van der Waals surface area contributed by atoms with Gasteiger partial charge in [0.15, 0.2) is 0 Å². The van der Waals surface area contributed by atoms with E-state index in [4.69, 9.17) is 23.2 Å². The van der Waals surface area contributed by atoms with Crippen molar-refractivity contribution in [3.63, 3.8) is 0 Å². The summed E-state index contributed by atoms with van der Waals surface area (Å²) in [4.78, 5) is 10.4. The molecule has 2 rings (SSSR count). The van der Waals surface area contributed by atoms with Gasteiger partial charge in [-0.2, -0.15) is 0 Å². The predicted octanol–water partition coefficient (Wildman–Crippen LogP) is 2.59. The molecule has 1 fully saturated rings. The number of halogens is 2. The van der Waals surface area contributed by atoms with Crippen LogP contribution in [0.15, 0.2) is 6.20 Å². The van der Waals surface area contributed by atoms with E-state index in [2.05, 4.69) is 21.8 Å². The Morgan fingerprint density at radius 2 is 2.33 bits per heavy atom. The zero-order chi connectivity index (χ0) is 10.8. The molecule has 1 aliphatic rings. The first-order chi connectivity index (χ1) is 7.20. The van der Waals surface area contributed by atoms with Crippen molar-refractivity contribution < 1.29 is 0 Å². The largest absolute Gasteiger partial charge is 0.303 e. The highest BCUT2D eigenvalue weighted by molar-refractivity contribution is 6.32. The fourth-order valence-electron chi connectivity index (χ4n) is 2.00. The molecule has 1 atom stereocenters. The first kappa shape index (κ1) is 11.1. The second kappa shape index (κ2) is 4.64. The van der Waals surface area contributed by atoms with Crippen LogP contribution in [0.5, 0.6) is 0 Å². The van der Waals surface area contributed by atoms with Crippen LogP contribution in [-0.2, 0) is 0 Å². The molecule has 1 aromatic heterocycles. The fourth-order valence-corrected chi connectivity index (χ4v) is 2.46. The van der Waals surface area contributed by atoms with Crippen molar-refractivity contribution in [3.8, 4) is 0 Å². The molecule has 1 unspecified atom stereocenters. The Bertz CT molecular complexity index is 357. The first-order valence-electron chi connectivity index (χ1n) is 5.11. The molecular formula is C10H13Cl2N3. The number of likely N-dealkylation sites (tertiary alicyclic amines) is 1. The Balaban J connectivity index is 2.17. The molecule has 0 aliphatic carbocycles. The van der Waals surface area contributed by atoms with Crippen molar-refractivity contribution in [2.45, 2.75) is 19.3 Å². The van der Waals surface area contributed by atoms with E-state index in [-0.39, 0.29) is 5.28 Å². The average Bonchev–Trinajstić information content (AvgIpc) is 2.66. The molecule has 1 aliphatic heterocycles. The lowest BCUT2D eigenvalue weighted by atomic mass is 10.0. The van der Waals surface area contributed by atoms with Gasteiger partial charge in [0.05, 0.1) is 0 Å². The number of rotatable bonds is 2. The molecule has 0 amide bonds. The van der Waals surface area contributed by atoms with Crippen molar-refractivity contribution in [3.05, 3.63) is 22.2 Å². The van der Waals surface area contributed by atoms with Crippen molar-refractivity contribution in [2.75, 3.05) is 19.6 Å².